The molecule has 0 bridgehead atoms. The van der Waals surface area contributed by atoms with Gasteiger partial charge >= 0.3 is 0 Å². The minimum Gasteiger partial charge on any atom is -0.462 e. The second kappa shape index (κ2) is 7.11. The van der Waals surface area contributed by atoms with Gasteiger partial charge in [0.25, 0.3) is 6.47 Å². The molecular weight excluding hydrogens is 292 g/mol. The first-order valence-corrected chi connectivity index (χ1v) is 7.88. The van der Waals surface area contributed by atoms with Crippen LogP contribution >= 0.6 is 0 Å². The molecule has 1 N–H and O–H groups in total. The summed E-state index contributed by atoms with van der Waals surface area (Å²) in [4.78, 5) is 25.7. The van der Waals surface area contributed by atoms with Crippen LogP contribution in [0, 0.1) is 5.92 Å². The summed E-state index contributed by atoms with van der Waals surface area (Å²) >= 11 is 0. The molecule has 5 nitrogen and oxygen atoms in total. The lowest BCUT2D eigenvalue weighted by molar-refractivity contribution is -0.138. The Labute approximate surface area is 138 Å². The van der Waals surface area contributed by atoms with Crippen LogP contribution < -0.4 is 5.32 Å². The summed E-state index contributed by atoms with van der Waals surface area (Å²) in [5, 5.41) is 3.33. The summed E-state index contributed by atoms with van der Waals surface area (Å²) in [6.45, 7) is 15.0. The molecule has 0 amide bonds. The van der Waals surface area contributed by atoms with Crippen LogP contribution in [-0.4, -0.2) is 29.4 Å². The fraction of sp³-hybridized carbons (Fsp3) is 0.611. The molecule has 0 atom stereocenters. The first kappa shape index (κ1) is 19.1. The van der Waals surface area contributed by atoms with E-state index in [1.54, 1.807) is 0 Å². The molecule has 0 aliphatic carbocycles. The van der Waals surface area contributed by atoms with Crippen LogP contribution in [0.25, 0.3) is 0 Å². The number of Topliss-reactive ketones (excluding diaryl/α,β-unsaturated/α-hetero) is 1. The van der Waals surface area contributed by atoms with Crippen LogP contribution in [0.15, 0.2) is 12.3 Å². The van der Waals surface area contributed by atoms with E-state index in [4.69, 9.17) is 0 Å². The molecular formula is C18H28N2O3. The van der Waals surface area contributed by atoms with E-state index in [9.17, 15) is 9.59 Å². The zero-order chi connectivity index (χ0) is 17.8. The van der Waals surface area contributed by atoms with Crippen molar-refractivity contribution in [1.29, 1.82) is 0 Å². The predicted octanol–water partition coefficient (Wildman–Crippen LogP) is 3.58. The second-order valence-corrected chi connectivity index (χ2v) is 7.70. The Morgan fingerprint density at radius 2 is 2.00 bits per heavy atom. The number of hydrogen-bond donors (Lipinski definition) is 1. The molecule has 2 heterocycles. The van der Waals surface area contributed by atoms with Crippen LogP contribution in [0.4, 0.5) is 5.69 Å². The molecule has 23 heavy (non-hydrogen) atoms. The maximum Gasteiger partial charge on any atom is 0.293 e. The van der Waals surface area contributed by atoms with E-state index < -0.39 is 0 Å². The summed E-state index contributed by atoms with van der Waals surface area (Å²) in [7, 11) is 0. The minimum absolute atomic E-state index is 0.0000340. The van der Waals surface area contributed by atoms with Crippen molar-refractivity contribution in [2.75, 3.05) is 11.9 Å². The van der Waals surface area contributed by atoms with Gasteiger partial charge in [0.05, 0.1) is 0 Å². The number of carbonyl (C=O) groups excluding carboxylic acids is 2. The van der Waals surface area contributed by atoms with E-state index in [-0.39, 0.29) is 22.7 Å². The van der Waals surface area contributed by atoms with Gasteiger partial charge in [-0.1, -0.05) is 27.7 Å². The summed E-state index contributed by atoms with van der Waals surface area (Å²) in [6.07, 6.45) is 1.84. The molecule has 2 rings (SSSR count). The molecule has 0 unspecified atom stereocenters. The molecule has 5 heteroatoms. The van der Waals surface area contributed by atoms with Gasteiger partial charge in [-0.3, -0.25) is 14.6 Å². The number of hydrogen-bond acceptors (Lipinski definition) is 5. The van der Waals surface area contributed by atoms with E-state index in [0.29, 0.717) is 12.2 Å². The van der Waals surface area contributed by atoms with Gasteiger partial charge in [0.15, 0.2) is 5.78 Å². The number of fused-ring (bicyclic) bond motifs is 1. The smallest absolute Gasteiger partial charge is 0.293 e. The molecule has 1 aromatic rings. The Kier molecular flexibility index (Phi) is 5.92. The highest BCUT2D eigenvalue weighted by molar-refractivity contribution is 5.96. The average molecular weight is 320 g/mol. The van der Waals surface area contributed by atoms with Gasteiger partial charge in [-0.2, -0.15) is 0 Å². The summed E-state index contributed by atoms with van der Waals surface area (Å²) in [6, 6.07) is 1.88. The number of rotatable bonds is 3. The van der Waals surface area contributed by atoms with Crippen molar-refractivity contribution in [3.8, 4) is 0 Å². The number of nitrogens with one attached hydrogen (secondary N) is 1. The number of ether oxygens (including phenoxy) is 1. The monoisotopic (exact) mass is 320 g/mol. The molecule has 0 saturated carbocycles. The van der Waals surface area contributed by atoms with Crippen molar-refractivity contribution < 1.29 is 14.3 Å². The third kappa shape index (κ3) is 5.34. The summed E-state index contributed by atoms with van der Waals surface area (Å²) < 4.78 is 4.55. The molecule has 0 spiro atoms. The molecule has 0 radical (unpaired) electrons. The maximum absolute atomic E-state index is 11.8. The van der Waals surface area contributed by atoms with Crippen molar-refractivity contribution in [3.05, 3.63) is 23.5 Å². The molecule has 0 aromatic carbocycles. The minimum atomic E-state index is -0.318. The Balaban J connectivity index is 0.000000322. The number of anilines is 1. The fourth-order valence-electron chi connectivity index (χ4n) is 2.13. The van der Waals surface area contributed by atoms with Crippen molar-refractivity contribution in [1.82, 2.24) is 4.98 Å². The van der Waals surface area contributed by atoms with Gasteiger partial charge in [-0.25, -0.2) is 0 Å². The van der Waals surface area contributed by atoms with E-state index in [0.717, 1.165) is 12.2 Å². The first-order chi connectivity index (χ1) is 10.5. The first-order valence-electron chi connectivity index (χ1n) is 7.88. The third-order valence-electron chi connectivity index (χ3n) is 3.53. The summed E-state index contributed by atoms with van der Waals surface area (Å²) in [5.74, 6) is 0.106. The van der Waals surface area contributed by atoms with Gasteiger partial charge in [-0.15, -0.1) is 0 Å². The number of nitrogens with zero attached hydrogens (tertiary/aromatic N) is 1. The maximum atomic E-state index is 11.8. The van der Waals surface area contributed by atoms with Gasteiger partial charge in [0.2, 0.25) is 0 Å². The highest BCUT2D eigenvalue weighted by atomic mass is 16.5. The zero-order valence-electron chi connectivity index (χ0n) is 15.2. The van der Waals surface area contributed by atoms with Crippen LogP contribution in [-0.2, 0) is 14.9 Å². The molecule has 0 saturated heterocycles. The topological polar surface area (TPSA) is 68.3 Å². The van der Waals surface area contributed by atoms with Gasteiger partial charge < -0.3 is 10.1 Å². The quantitative estimate of drug-likeness (QED) is 0.681. The Morgan fingerprint density at radius 3 is 2.43 bits per heavy atom. The van der Waals surface area contributed by atoms with E-state index in [2.05, 4.69) is 28.9 Å². The predicted molar refractivity (Wildman–Crippen MR) is 91.8 cm³/mol. The Bertz CT molecular complexity index is 572. The zero-order valence-corrected chi connectivity index (χ0v) is 15.2. The highest BCUT2D eigenvalue weighted by Gasteiger charge is 2.30. The lowest BCUT2D eigenvalue weighted by Crippen LogP contribution is -2.19. The van der Waals surface area contributed by atoms with Crippen LogP contribution in [0.5, 0.6) is 0 Å². The number of pyridine rings is 1. The van der Waals surface area contributed by atoms with Crippen molar-refractivity contribution in [2.45, 2.75) is 59.5 Å². The van der Waals surface area contributed by atoms with E-state index >= 15 is 0 Å². The number of ketones is 1. The summed E-state index contributed by atoms with van der Waals surface area (Å²) in [5.41, 5.74) is 2.62. The molecule has 1 aliphatic heterocycles. The Morgan fingerprint density at radius 1 is 1.39 bits per heavy atom. The third-order valence-corrected chi connectivity index (χ3v) is 3.53. The van der Waals surface area contributed by atoms with Crippen molar-refractivity contribution >= 4 is 17.9 Å². The highest BCUT2D eigenvalue weighted by Crippen LogP contribution is 2.35. The van der Waals surface area contributed by atoms with Crippen LogP contribution in [0.2, 0.25) is 0 Å². The standard InChI is InChI=1S/C13H18N2O.C5H10O2/c1-8(2)12(16)11-5-10-9(6-14-11)13(3,4)7-15-10;1-5(2,3)7-4-6/h5-6,8,15H,7H2,1-4H3;4H,1-3H3. The largest absolute Gasteiger partial charge is 0.462 e. The van der Waals surface area contributed by atoms with Crippen molar-refractivity contribution in [2.24, 2.45) is 5.92 Å². The lowest BCUT2D eigenvalue weighted by atomic mass is 9.88. The SMILES string of the molecule is CC(C)(C)OC=O.CC(C)C(=O)c1cc2c(cn1)C(C)(C)CN2. The molecule has 1 aromatic heterocycles. The number of aromatic nitrogens is 1. The van der Waals surface area contributed by atoms with Gasteiger partial charge in [0, 0.05) is 35.3 Å². The lowest BCUT2D eigenvalue weighted by Gasteiger charge is -2.16. The molecule has 0 fully saturated rings. The van der Waals surface area contributed by atoms with Crippen LogP contribution in [0.3, 0.4) is 0 Å². The van der Waals surface area contributed by atoms with E-state index in [1.807, 2.05) is 46.9 Å². The Hall–Kier alpha value is -1.91. The molecule has 1 aliphatic rings. The average Bonchev–Trinajstić information content (AvgIpc) is 2.72. The van der Waals surface area contributed by atoms with Crippen LogP contribution in [0.1, 0.15) is 64.5 Å². The van der Waals surface area contributed by atoms with Gasteiger partial charge in [-0.05, 0) is 26.8 Å². The number of carbonyl (C=O) groups is 2. The van der Waals surface area contributed by atoms with E-state index in [1.165, 1.54) is 5.56 Å². The van der Waals surface area contributed by atoms with Gasteiger partial charge in [0.1, 0.15) is 11.3 Å². The fourth-order valence-corrected chi connectivity index (χ4v) is 2.13. The normalized spacial score (nSPS) is 15.1. The second-order valence-electron chi connectivity index (χ2n) is 7.70. The molecule has 128 valence electrons. The van der Waals surface area contributed by atoms with Crippen molar-refractivity contribution in [3.63, 3.8) is 0 Å².